The first-order valence-corrected chi connectivity index (χ1v) is 8.32. The molecule has 0 radical (unpaired) electrons. The summed E-state index contributed by atoms with van der Waals surface area (Å²) in [6.45, 7) is 1.45. The number of aliphatic imine (C=N–C) groups is 1. The third kappa shape index (κ3) is 3.64. The Labute approximate surface area is 134 Å². The van der Waals surface area contributed by atoms with Crippen molar-refractivity contribution in [2.24, 2.45) is 16.6 Å². The molecular formula is C13H19BrF3N3O2. The second-order valence-electron chi connectivity index (χ2n) is 5.94. The Morgan fingerprint density at radius 2 is 2.18 bits per heavy atom. The minimum atomic E-state index is -4.30. The molecule has 0 aromatic carbocycles. The van der Waals surface area contributed by atoms with Crippen LogP contribution in [0.15, 0.2) is 4.99 Å². The van der Waals surface area contributed by atoms with Crippen molar-refractivity contribution >= 4 is 21.6 Å². The van der Waals surface area contributed by atoms with E-state index in [0.717, 1.165) is 19.4 Å². The molecule has 6 atom stereocenters. The van der Waals surface area contributed by atoms with E-state index >= 15 is 0 Å². The Balaban J connectivity index is 1.54. The highest BCUT2D eigenvalue weighted by Crippen LogP contribution is 2.40. The van der Waals surface area contributed by atoms with Gasteiger partial charge in [0.05, 0.1) is 17.7 Å². The zero-order chi connectivity index (χ0) is 15.9. The lowest BCUT2D eigenvalue weighted by atomic mass is 9.92. The van der Waals surface area contributed by atoms with Crippen molar-refractivity contribution in [2.45, 2.75) is 54.9 Å². The molecule has 3 rings (SSSR count). The molecule has 9 heteroatoms. The van der Waals surface area contributed by atoms with Gasteiger partial charge in [-0.25, -0.2) is 0 Å². The van der Waals surface area contributed by atoms with Gasteiger partial charge in [-0.1, -0.05) is 15.9 Å². The SMILES string of the molecule is NC1CC(C(F)(F)F)C(Br)N=C1C1OC1NC[C@@H]1CCCO1. The van der Waals surface area contributed by atoms with Gasteiger partial charge in [-0.05, 0) is 19.3 Å². The van der Waals surface area contributed by atoms with Crippen molar-refractivity contribution in [2.75, 3.05) is 13.2 Å². The number of halogens is 4. The minimum absolute atomic E-state index is 0.170. The second kappa shape index (κ2) is 6.35. The summed E-state index contributed by atoms with van der Waals surface area (Å²) in [5.41, 5.74) is 6.37. The van der Waals surface area contributed by atoms with Gasteiger partial charge in [0.1, 0.15) is 17.3 Å². The molecule has 0 aliphatic carbocycles. The summed E-state index contributed by atoms with van der Waals surface area (Å²) in [5, 5.41) is 3.20. The molecule has 2 saturated heterocycles. The van der Waals surface area contributed by atoms with Crippen LogP contribution in [0.2, 0.25) is 0 Å². The fourth-order valence-electron chi connectivity index (χ4n) is 2.95. The third-order valence-electron chi connectivity index (χ3n) is 4.27. The van der Waals surface area contributed by atoms with Crippen LogP contribution in [0, 0.1) is 5.92 Å². The topological polar surface area (TPSA) is 72.2 Å². The van der Waals surface area contributed by atoms with Gasteiger partial charge in [-0.15, -0.1) is 0 Å². The van der Waals surface area contributed by atoms with E-state index in [9.17, 15) is 13.2 Å². The average Bonchev–Trinajstić information content (AvgIpc) is 3.01. The van der Waals surface area contributed by atoms with Gasteiger partial charge < -0.3 is 15.2 Å². The second-order valence-corrected chi connectivity index (χ2v) is 6.88. The number of nitrogens with one attached hydrogen (secondary N) is 1. The highest BCUT2D eigenvalue weighted by molar-refractivity contribution is 9.09. The molecule has 3 N–H and O–H groups in total. The summed E-state index contributed by atoms with van der Waals surface area (Å²) in [6, 6.07) is -0.722. The van der Waals surface area contributed by atoms with E-state index in [-0.39, 0.29) is 24.9 Å². The predicted octanol–water partition coefficient (Wildman–Crippen LogP) is 1.55. The summed E-state index contributed by atoms with van der Waals surface area (Å²) in [7, 11) is 0. The third-order valence-corrected chi connectivity index (χ3v) is 5.11. The molecule has 0 saturated carbocycles. The number of ether oxygens (including phenoxy) is 2. The number of hydrogen-bond donors (Lipinski definition) is 2. The molecule has 3 aliphatic rings. The molecule has 3 heterocycles. The van der Waals surface area contributed by atoms with E-state index in [1.165, 1.54) is 0 Å². The summed E-state index contributed by atoms with van der Waals surface area (Å²) in [6.07, 6.45) is -2.77. The van der Waals surface area contributed by atoms with E-state index in [1.54, 1.807) is 0 Å². The number of alkyl halides is 4. The smallest absolute Gasteiger partial charge is 0.377 e. The summed E-state index contributed by atoms with van der Waals surface area (Å²) < 4.78 is 49.6. The van der Waals surface area contributed by atoms with Gasteiger partial charge >= 0.3 is 6.18 Å². The van der Waals surface area contributed by atoms with Crippen LogP contribution in [0.5, 0.6) is 0 Å². The van der Waals surface area contributed by atoms with E-state index in [2.05, 4.69) is 26.2 Å². The molecule has 2 fully saturated rings. The van der Waals surface area contributed by atoms with Crippen molar-refractivity contribution in [1.82, 2.24) is 5.32 Å². The maximum absolute atomic E-state index is 12.9. The first kappa shape index (κ1) is 16.6. The normalized spacial score (nSPS) is 42.3. The minimum Gasteiger partial charge on any atom is -0.377 e. The van der Waals surface area contributed by atoms with Crippen LogP contribution in [-0.4, -0.2) is 54.5 Å². The van der Waals surface area contributed by atoms with E-state index in [0.29, 0.717) is 12.3 Å². The van der Waals surface area contributed by atoms with Crippen molar-refractivity contribution in [1.29, 1.82) is 0 Å². The van der Waals surface area contributed by atoms with E-state index in [4.69, 9.17) is 15.2 Å². The number of nitrogens with two attached hydrogens (primary N) is 1. The quantitative estimate of drug-likeness (QED) is 0.437. The summed E-state index contributed by atoms with van der Waals surface area (Å²) >= 11 is 3.01. The zero-order valence-corrected chi connectivity index (χ0v) is 13.4. The van der Waals surface area contributed by atoms with Crippen LogP contribution < -0.4 is 11.1 Å². The molecule has 5 unspecified atom stereocenters. The average molecular weight is 386 g/mol. The first-order valence-electron chi connectivity index (χ1n) is 7.40. The molecule has 0 amide bonds. The van der Waals surface area contributed by atoms with E-state index < -0.39 is 23.1 Å². The van der Waals surface area contributed by atoms with Gasteiger partial charge in [-0.2, -0.15) is 13.2 Å². The molecule has 0 aromatic rings. The molecule has 22 heavy (non-hydrogen) atoms. The predicted molar refractivity (Wildman–Crippen MR) is 77.9 cm³/mol. The Morgan fingerprint density at radius 3 is 2.82 bits per heavy atom. The maximum atomic E-state index is 12.9. The summed E-state index contributed by atoms with van der Waals surface area (Å²) in [4.78, 5) is 3.10. The van der Waals surface area contributed by atoms with Crippen LogP contribution in [0.4, 0.5) is 13.2 Å². The first-order chi connectivity index (χ1) is 10.4. The standard InChI is InChI=1S/C13H19BrF3N3O2/c14-11-7(13(15,16)17)4-8(18)9(20-11)10-12(22-10)19-5-6-2-1-3-21-6/h6-8,10-12,19H,1-5,18H2/t6-,7?,8?,10?,11?,12?/m0/s1. The van der Waals surface area contributed by atoms with Crippen LogP contribution in [0.1, 0.15) is 19.3 Å². The van der Waals surface area contributed by atoms with Crippen molar-refractivity contribution < 1.29 is 22.6 Å². The Hall–Kier alpha value is -0.220. The van der Waals surface area contributed by atoms with Crippen molar-refractivity contribution in [3.05, 3.63) is 0 Å². The Kier molecular flexibility index (Phi) is 4.80. The molecule has 126 valence electrons. The van der Waals surface area contributed by atoms with Crippen molar-refractivity contribution in [3.63, 3.8) is 0 Å². The van der Waals surface area contributed by atoms with Gasteiger partial charge in [0, 0.05) is 19.2 Å². The molecular weight excluding hydrogens is 367 g/mol. The number of epoxide rings is 1. The lowest BCUT2D eigenvalue weighted by Crippen LogP contribution is -2.47. The molecule has 0 bridgehead atoms. The highest BCUT2D eigenvalue weighted by atomic mass is 79.9. The monoisotopic (exact) mass is 385 g/mol. The largest absolute Gasteiger partial charge is 0.394 e. The van der Waals surface area contributed by atoms with Crippen molar-refractivity contribution in [3.8, 4) is 0 Å². The van der Waals surface area contributed by atoms with Gasteiger partial charge in [0.25, 0.3) is 0 Å². The summed E-state index contributed by atoms with van der Waals surface area (Å²) in [5.74, 6) is -1.55. The van der Waals surface area contributed by atoms with Crippen LogP contribution in [0.3, 0.4) is 0 Å². The van der Waals surface area contributed by atoms with E-state index in [1.807, 2.05) is 0 Å². The number of hydrogen-bond acceptors (Lipinski definition) is 5. The highest BCUT2D eigenvalue weighted by Gasteiger charge is 2.52. The Morgan fingerprint density at radius 1 is 1.41 bits per heavy atom. The van der Waals surface area contributed by atoms with Gasteiger partial charge in [-0.3, -0.25) is 10.3 Å². The van der Waals surface area contributed by atoms with Crippen LogP contribution in [-0.2, 0) is 9.47 Å². The molecule has 0 spiro atoms. The maximum Gasteiger partial charge on any atom is 0.394 e. The van der Waals surface area contributed by atoms with Crippen LogP contribution in [0.25, 0.3) is 0 Å². The molecule has 3 aliphatic heterocycles. The fraction of sp³-hybridized carbons (Fsp3) is 0.923. The number of rotatable bonds is 4. The number of nitrogens with zero attached hydrogens (tertiary/aromatic N) is 1. The molecule has 5 nitrogen and oxygen atoms in total. The van der Waals surface area contributed by atoms with Gasteiger partial charge in [0.2, 0.25) is 0 Å². The fourth-order valence-corrected chi connectivity index (χ4v) is 3.71. The Bertz CT molecular complexity index is 443. The molecule has 0 aromatic heterocycles. The zero-order valence-electron chi connectivity index (χ0n) is 11.9. The lowest BCUT2D eigenvalue weighted by Gasteiger charge is -2.31. The van der Waals surface area contributed by atoms with Gasteiger partial charge in [0.15, 0.2) is 0 Å². The lowest BCUT2D eigenvalue weighted by molar-refractivity contribution is -0.176. The van der Waals surface area contributed by atoms with Crippen LogP contribution >= 0.6 is 15.9 Å².